The number of nitrogens with zero attached hydrogens (tertiary/aromatic N) is 4. The second-order valence-corrected chi connectivity index (χ2v) is 7.39. The molecule has 0 N–H and O–H groups in total. The van der Waals surface area contributed by atoms with E-state index in [4.69, 9.17) is 9.72 Å². The van der Waals surface area contributed by atoms with E-state index >= 15 is 0 Å². The zero-order chi connectivity index (χ0) is 18.5. The van der Waals surface area contributed by atoms with Gasteiger partial charge in [0, 0.05) is 30.1 Å². The van der Waals surface area contributed by atoms with Gasteiger partial charge in [-0.15, -0.1) is 0 Å². The van der Waals surface area contributed by atoms with E-state index in [-0.39, 0.29) is 0 Å². The number of aryl methyl sites for hydroxylation is 1. The maximum absolute atomic E-state index is 5.56. The van der Waals surface area contributed by atoms with Crippen LogP contribution >= 0.6 is 11.8 Å². The lowest BCUT2D eigenvalue weighted by molar-refractivity contribution is 0.111. The van der Waals surface area contributed by atoms with Gasteiger partial charge in [-0.25, -0.2) is 9.66 Å². The van der Waals surface area contributed by atoms with Crippen LogP contribution in [0.3, 0.4) is 0 Å². The number of imidazole rings is 1. The van der Waals surface area contributed by atoms with Crippen molar-refractivity contribution < 1.29 is 4.74 Å². The lowest BCUT2D eigenvalue weighted by Gasteiger charge is -2.32. The van der Waals surface area contributed by atoms with Crippen LogP contribution in [0.15, 0.2) is 59.9 Å². The summed E-state index contributed by atoms with van der Waals surface area (Å²) in [4.78, 5) is 9.21. The molecule has 1 aliphatic rings. The predicted molar refractivity (Wildman–Crippen MR) is 110 cm³/mol. The highest BCUT2D eigenvalue weighted by atomic mass is 32.2. The second kappa shape index (κ2) is 8.59. The van der Waals surface area contributed by atoms with E-state index in [9.17, 15) is 0 Å². The van der Waals surface area contributed by atoms with E-state index in [0.717, 1.165) is 60.6 Å². The number of aromatic nitrogens is 3. The van der Waals surface area contributed by atoms with Gasteiger partial charge in [-0.05, 0) is 17.7 Å². The van der Waals surface area contributed by atoms with Crippen LogP contribution in [0.4, 0.5) is 0 Å². The standard InChI is InChI=1S/C21H24N4OS/c1-2-19-23-21(27-16-17-6-4-3-5-7-17)20(18-8-10-22-11-9-18)25(19)24-12-14-26-15-13-24/h3-11H,2,12-16H2,1H3. The van der Waals surface area contributed by atoms with Gasteiger partial charge < -0.3 is 9.75 Å². The Bertz CT molecular complexity index is 861. The van der Waals surface area contributed by atoms with Gasteiger partial charge in [-0.1, -0.05) is 49.0 Å². The normalized spacial score (nSPS) is 14.5. The molecule has 27 heavy (non-hydrogen) atoms. The average Bonchev–Trinajstić information content (AvgIpc) is 3.13. The Morgan fingerprint density at radius 1 is 1.04 bits per heavy atom. The summed E-state index contributed by atoms with van der Waals surface area (Å²) in [5, 5.41) is 3.44. The SMILES string of the molecule is CCc1nc(SCc2ccccc2)c(-c2ccncc2)n1N1CCOCC1. The summed E-state index contributed by atoms with van der Waals surface area (Å²) in [5.41, 5.74) is 3.62. The fourth-order valence-electron chi connectivity index (χ4n) is 3.31. The first-order chi connectivity index (χ1) is 13.4. The summed E-state index contributed by atoms with van der Waals surface area (Å²) in [6, 6.07) is 14.7. The smallest absolute Gasteiger partial charge is 0.129 e. The zero-order valence-electron chi connectivity index (χ0n) is 15.5. The van der Waals surface area contributed by atoms with Crippen LogP contribution in [-0.4, -0.2) is 40.9 Å². The molecular weight excluding hydrogens is 356 g/mol. The summed E-state index contributed by atoms with van der Waals surface area (Å²) >= 11 is 1.80. The molecule has 3 heterocycles. The molecule has 140 valence electrons. The Labute approximate surface area is 164 Å². The molecule has 4 rings (SSSR count). The highest BCUT2D eigenvalue weighted by molar-refractivity contribution is 7.98. The van der Waals surface area contributed by atoms with Crippen molar-refractivity contribution in [2.45, 2.75) is 24.1 Å². The molecule has 0 amide bonds. The number of morpholine rings is 1. The molecule has 1 aliphatic heterocycles. The molecule has 0 unspecified atom stereocenters. The van der Waals surface area contributed by atoms with Gasteiger partial charge in [0.05, 0.1) is 26.3 Å². The molecule has 6 heteroatoms. The predicted octanol–water partition coefficient (Wildman–Crippen LogP) is 3.77. The Morgan fingerprint density at radius 2 is 1.78 bits per heavy atom. The van der Waals surface area contributed by atoms with Crippen LogP contribution in [0.25, 0.3) is 11.3 Å². The number of benzene rings is 1. The average molecular weight is 381 g/mol. The van der Waals surface area contributed by atoms with E-state index in [1.807, 2.05) is 12.4 Å². The summed E-state index contributed by atoms with van der Waals surface area (Å²) in [6.07, 6.45) is 4.59. The topological polar surface area (TPSA) is 43.2 Å². The van der Waals surface area contributed by atoms with Crippen molar-refractivity contribution in [1.29, 1.82) is 0 Å². The summed E-state index contributed by atoms with van der Waals surface area (Å²) in [6.45, 7) is 5.43. The molecule has 1 fully saturated rings. The van der Waals surface area contributed by atoms with Gasteiger partial charge in [0.15, 0.2) is 0 Å². The minimum absolute atomic E-state index is 0.754. The molecule has 0 spiro atoms. The van der Waals surface area contributed by atoms with Gasteiger partial charge >= 0.3 is 0 Å². The fourth-order valence-corrected chi connectivity index (χ4v) is 4.31. The second-order valence-electron chi connectivity index (χ2n) is 6.42. The van der Waals surface area contributed by atoms with Gasteiger partial charge in [0.2, 0.25) is 0 Å². The first-order valence-electron chi connectivity index (χ1n) is 9.38. The van der Waals surface area contributed by atoms with Crippen molar-refractivity contribution in [2.75, 3.05) is 31.3 Å². The summed E-state index contributed by atoms with van der Waals surface area (Å²) in [5.74, 6) is 2.00. The quantitative estimate of drug-likeness (QED) is 0.609. The Hall–Kier alpha value is -2.31. The molecule has 3 aromatic rings. The Morgan fingerprint density at radius 3 is 2.48 bits per heavy atom. The summed E-state index contributed by atoms with van der Waals surface area (Å²) < 4.78 is 7.87. The van der Waals surface area contributed by atoms with Gasteiger partial charge in [-0.2, -0.15) is 0 Å². The van der Waals surface area contributed by atoms with Crippen molar-refractivity contribution >= 4 is 11.8 Å². The van der Waals surface area contributed by atoms with E-state index in [2.05, 4.69) is 64.1 Å². The minimum atomic E-state index is 0.754. The molecule has 1 saturated heterocycles. The van der Waals surface area contributed by atoms with E-state index < -0.39 is 0 Å². The molecule has 0 radical (unpaired) electrons. The van der Waals surface area contributed by atoms with E-state index in [0.29, 0.717) is 0 Å². The highest BCUT2D eigenvalue weighted by Gasteiger charge is 2.23. The molecular formula is C21H24N4OS. The van der Waals surface area contributed by atoms with Crippen molar-refractivity contribution in [2.24, 2.45) is 0 Å². The molecule has 0 atom stereocenters. The lowest BCUT2D eigenvalue weighted by atomic mass is 10.2. The summed E-state index contributed by atoms with van der Waals surface area (Å²) in [7, 11) is 0. The molecule has 0 saturated carbocycles. The molecule has 5 nitrogen and oxygen atoms in total. The van der Waals surface area contributed by atoms with Crippen LogP contribution in [0.5, 0.6) is 0 Å². The van der Waals surface area contributed by atoms with Crippen LogP contribution in [-0.2, 0) is 16.9 Å². The van der Waals surface area contributed by atoms with Gasteiger partial charge in [0.1, 0.15) is 16.5 Å². The molecule has 0 bridgehead atoms. The third-order valence-electron chi connectivity index (χ3n) is 4.65. The number of hydrogen-bond donors (Lipinski definition) is 0. The first-order valence-corrected chi connectivity index (χ1v) is 10.4. The molecule has 0 aliphatic carbocycles. The largest absolute Gasteiger partial charge is 0.378 e. The van der Waals surface area contributed by atoms with Crippen molar-refractivity contribution in [3.63, 3.8) is 0 Å². The van der Waals surface area contributed by atoms with Gasteiger partial charge in [0.25, 0.3) is 0 Å². The fraction of sp³-hybridized carbons (Fsp3) is 0.333. The number of hydrogen-bond acceptors (Lipinski definition) is 5. The third kappa shape index (κ3) is 4.01. The lowest BCUT2D eigenvalue weighted by Crippen LogP contribution is -2.45. The highest BCUT2D eigenvalue weighted by Crippen LogP contribution is 2.34. The van der Waals surface area contributed by atoms with Crippen molar-refractivity contribution in [3.05, 3.63) is 66.2 Å². The van der Waals surface area contributed by atoms with Crippen molar-refractivity contribution in [3.8, 4) is 11.3 Å². The third-order valence-corrected chi connectivity index (χ3v) is 5.68. The maximum atomic E-state index is 5.56. The molecule has 1 aromatic carbocycles. The number of ether oxygens (including phenoxy) is 1. The van der Waals surface area contributed by atoms with Crippen molar-refractivity contribution in [1.82, 2.24) is 14.6 Å². The number of thioether (sulfide) groups is 1. The molecule has 2 aromatic heterocycles. The van der Waals surface area contributed by atoms with E-state index in [1.165, 1.54) is 5.56 Å². The van der Waals surface area contributed by atoms with Crippen LogP contribution in [0.1, 0.15) is 18.3 Å². The first kappa shape index (κ1) is 18.1. The van der Waals surface area contributed by atoms with Crippen LogP contribution in [0.2, 0.25) is 0 Å². The Balaban J connectivity index is 1.74. The number of pyridine rings is 1. The van der Waals surface area contributed by atoms with Crippen LogP contribution in [0, 0.1) is 0 Å². The Kier molecular flexibility index (Phi) is 5.75. The zero-order valence-corrected chi connectivity index (χ0v) is 16.4. The van der Waals surface area contributed by atoms with E-state index in [1.54, 1.807) is 11.8 Å². The number of rotatable bonds is 6. The minimum Gasteiger partial charge on any atom is -0.378 e. The van der Waals surface area contributed by atoms with Gasteiger partial charge in [-0.3, -0.25) is 4.98 Å². The monoisotopic (exact) mass is 380 g/mol. The maximum Gasteiger partial charge on any atom is 0.129 e. The van der Waals surface area contributed by atoms with Crippen LogP contribution < -0.4 is 5.01 Å².